The number of thiocarbonyl (C=S) groups is 1. The van der Waals surface area contributed by atoms with Gasteiger partial charge in [0.15, 0.2) is 22.4 Å². The molecule has 1 aliphatic heterocycles. The lowest BCUT2D eigenvalue weighted by atomic mass is 10.1. The smallest absolute Gasteiger partial charge is 0.270 e. The van der Waals surface area contributed by atoms with Crippen LogP contribution in [0.15, 0.2) is 71.6 Å². The van der Waals surface area contributed by atoms with Crippen molar-refractivity contribution in [1.82, 2.24) is 0 Å². The standard InChI is InChI=1S/C29H28N2O4S2/c1-4-19-10-13-22(14-11-19)31-28(33)26(37-29(31)36)17-20-12-15-24(25(16-20)34-3)35-18-27(32)30-23-9-7-6-8-21(23)5-2/h6-17H,4-5,18H2,1-3H3,(H,30,32)/b26-17-. The maximum Gasteiger partial charge on any atom is 0.270 e. The molecular weight excluding hydrogens is 504 g/mol. The second kappa shape index (κ2) is 12.1. The molecule has 3 aromatic carbocycles. The highest BCUT2D eigenvalue weighted by Crippen LogP contribution is 2.37. The molecule has 8 heteroatoms. The topological polar surface area (TPSA) is 67.9 Å². The summed E-state index contributed by atoms with van der Waals surface area (Å²) in [5, 5.41) is 2.89. The number of rotatable bonds is 9. The Morgan fingerprint density at radius 2 is 1.78 bits per heavy atom. The average molecular weight is 533 g/mol. The van der Waals surface area contributed by atoms with Gasteiger partial charge in [0, 0.05) is 5.69 Å². The van der Waals surface area contributed by atoms with Gasteiger partial charge >= 0.3 is 0 Å². The molecular formula is C29H28N2O4S2. The predicted octanol–water partition coefficient (Wildman–Crippen LogP) is 6.24. The Balaban J connectivity index is 1.45. The fourth-order valence-electron chi connectivity index (χ4n) is 3.90. The van der Waals surface area contributed by atoms with Crippen LogP contribution >= 0.6 is 24.0 Å². The summed E-state index contributed by atoms with van der Waals surface area (Å²) in [7, 11) is 1.53. The summed E-state index contributed by atoms with van der Waals surface area (Å²) < 4.78 is 11.7. The summed E-state index contributed by atoms with van der Waals surface area (Å²) in [5.41, 5.74) is 4.54. The number of thioether (sulfide) groups is 1. The average Bonchev–Trinajstić information content (AvgIpc) is 3.20. The van der Waals surface area contributed by atoms with Crippen molar-refractivity contribution < 1.29 is 19.1 Å². The third kappa shape index (κ3) is 6.21. The van der Waals surface area contributed by atoms with Crippen molar-refractivity contribution in [3.8, 4) is 11.5 Å². The highest BCUT2D eigenvalue weighted by Gasteiger charge is 2.33. The van der Waals surface area contributed by atoms with Crippen LogP contribution in [-0.4, -0.2) is 29.9 Å². The van der Waals surface area contributed by atoms with E-state index in [2.05, 4.69) is 12.2 Å². The summed E-state index contributed by atoms with van der Waals surface area (Å²) in [4.78, 5) is 27.6. The molecule has 0 aromatic heterocycles. The number of hydrogen-bond donors (Lipinski definition) is 1. The molecule has 3 aromatic rings. The molecule has 0 atom stereocenters. The zero-order chi connectivity index (χ0) is 26.4. The van der Waals surface area contributed by atoms with Gasteiger partial charge in [0.05, 0.1) is 17.7 Å². The first-order valence-electron chi connectivity index (χ1n) is 12.0. The van der Waals surface area contributed by atoms with Crippen LogP contribution in [-0.2, 0) is 22.4 Å². The lowest BCUT2D eigenvalue weighted by molar-refractivity contribution is -0.118. The van der Waals surface area contributed by atoms with Gasteiger partial charge in [-0.05, 0) is 65.9 Å². The van der Waals surface area contributed by atoms with Crippen molar-refractivity contribution in [3.63, 3.8) is 0 Å². The highest BCUT2D eigenvalue weighted by atomic mass is 32.2. The number of carbonyl (C=O) groups excluding carboxylic acids is 2. The van der Waals surface area contributed by atoms with Crippen LogP contribution in [0.3, 0.4) is 0 Å². The van der Waals surface area contributed by atoms with Gasteiger partial charge in [-0.1, -0.05) is 74.2 Å². The van der Waals surface area contributed by atoms with E-state index >= 15 is 0 Å². The minimum Gasteiger partial charge on any atom is -0.493 e. The lowest BCUT2D eigenvalue weighted by Crippen LogP contribution is -2.27. The summed E-state index contributed by atoms with van der Waals surface area (Å²) in [6, 6.07) is 20.8. The zero-order valence-corrected chi connectivity index (χ0v) is 22.6. The van der Waals surface area contributed by atoms with E-state index in [4.69, 9.17) is 21.7 Å². The Kier molecular flexibility index (Phi) is 8.63. The van der Waals surface area contributed by atoms with Crippen LogP contribution in [0.5, 0.6) is 11.5 Å². The molecule has 1 fully saturated rings. The number of benzene rings is 3. The SMILES string of the molecule is CCc1ccc(N2C(=O)/C(=C/c3ccc(OCC(=O)Nc4ccccc4CC)c(OC)c3)SC2=S)cc1. The van der Waals surface area contributed by atoms with Gasteiger partial charge in [0.2, 0.25) is 0 Å². The van der Waals surface area contributed by atoms with Crippen molar-refractivity contribution in [2.75, 3.05) is 23.9 Å². The molecule has 0 spiro atoms. The zero-order valence-electron chi connectivity index (χ0n) is 20.9. The fraction of sp³-hybridized carbons (Fsp3) is 0.207. The van der Waals surface area contributed by atoms with Crippen LogP contribution in [0.1, 0.15) is 30.5 Å². The molecule has 190 valence electrons. The molecule has 0 radical (unpaired) electrons. The number of ether oxygens (including phenoxy) is 2. The molecule has 2 amide bonds. The number of aryl methyl sites for hydroxylation is 2. The first-order chi connectivity index (χ1) is 17.9. The molecule has 0 bridgehead atoms. The van der Waals surface area contributed by atoms with E-state index in [0.29, 0.717) is 20.7 Å². The summed E-state index contributed by atoms with van der Waals surface area (Å²) >= 11 is 6.75. The Hall–Kier alpha value is -3.62. The molecule has 1 aliphatic rings. The number of nitrogens with zero attached hydrogens (tertiary/aromatic N) is 1. The van der Waals surface area contributed by atoms with Crippen LogP contribution in [0.25, 0.3) is 6.08 Å². The van der Waals surface area contributed by atoms with Gasteiger partial charge in [-0.3, -0.25) is 14.5 Å². The monoisotopic (exact) mass is 532 g/mol. The Morgan fingerprint density at radius 3 is 2.49 bits per heavy atom. The van der Waals surface area contributed by atoms with Gasteiger partial charge in [-0.15, -0.1) is 0 Å². The third-order valence-corrected chi connectivity index (χ3v) is 7.22. The first kappa shape index (κ1) is 26.4. The van der Waals surface area contributed by atoms with Crippen LogP contribution in [0.4, 0.5) is 11.4 Å². The van der Waals surface area contributed by atoms with Crippen molar-refractivity contribution in [2.24, 2.45) is 0 Å². The number of methoxy groups -OCH3 is 1. The number of hydrogen-bond acceptors (Lipinski definition) is 6. The fourth-order valence-corrected chi connectivity index (χ4v) is 5.19. The number of anilines is 2. The van der Waals surface area contributed by atoms with Crippen LogP contribution < -0.4 is 19.7 Å². The molecule has 0 saturated carbocycles. The van der Waals surface area contributed by atoms with Crippen molar-refractivity contribution in [3.05, 3.63) is 88.3 Å². The van der Waals surface area contributed by atoms with E-state index < -0.39 is 0 Å². The summed E-state index contributed by atoms with van der Waals surface area (Å²) in [5.74, 6) is 0.466. The predicted molar refractivity (Wildman–Crippen MR) is 154 cm³/mol. The first-order valence-corrected chi connectivity index (χ1v) is 13.2. The van der Waals surface area contributed by atoms with E-state index in [1.165, 1.54) is 24.4 Å². The van der Waals surface area contributed by atoms with Gasteiger partial charge in [0.1, 0.15) is 0 Å². The highest BCUT2D eigenvalue weighted by molar-refractivity contribution is 8.27. The van der Waals surface area contributed by atoms with Crippen LogP contribution in [0.2, 0.25) is 0 Å². The molecule has 4 rings (SSSR count). The van der Waals surface area contributed by atoms with Crippen LogP contribution in [0, 0.1) is 0 Å². The normalized spacial score (nSPS) is 14.2. The van der Waals surface area contributed by atoms with E-state index in [9.17, 15) is 9.59 Å². The maximum atomic E-state index is 13.1. The number of para-hydroxylation sites is 1. The molecule has 37 heavy (non-hydrogen) atoms. The van der Waals surface area contributed by atoms with E-state index in [1.54, 1.807) is 23.1 Å². The quantitative estimate of drug-likeness (QED) is 0.260. The molecule has 1 saturated heterocycles. The maximum absolute atomic E-state index is 13.1. The van der Waals surface area contributed by atoms with Gasteiger partial charge in [-0.2, -0.15) is 0 Å². The van der Waals surface area contributed by atoms with Crippen molar-refractivity contribution in [1.29, 1.82) is 0 Å². The Labute approximate surface area is 226 Å². The Morgan fingerprint density at radius 1 is 1.03 bits per heavy atom. The molecule has 6 nitrogen and oxygen atoms in total. The van der Waals surface area contributed by atoms with Gasteiger partial charge in [-0.25, -0.2) is 0 Å². The summed E-state index contributed by atoms with van der Waals surface area (Å²) in [6.45, 7) is 3.96. The third-order valence-electron chi connectivity index (χ3n) is 5.91. The van der Waals surface area contributed by atoms with Crippen molar-refractivity contribution >= 4 is 57.6 Å². The van der Waals surface area contributed by atoms with E-state index in [1.807, 2.05) is 61.5 Å². The minimum absolute atomic E-state index is 0.163. The lowest BCUT2D eigenvalue weighted by Gasteiger charge is -2.14. The van der Waals surface area contributed by atoms with E-state index in [0.717, 1.165) is 35.3 Å². The second-order valence-corrected chi connectivity index (χ2v) is 9.97. The van der Waals surface area contributed by atoms with E-state index in [-0.39, 0.29) is 18.4 Å². The summed E-state index contributed by atoms with van der Waals surface area (Å²) in [6.07, 6.45) is 3.52. The molecule has 1 heterocycles. The molecule has 0 unspecified atom stereocenters. The largest absolute Gasteiger partial charge is 0.493 e. The number of nitrogens with one attached hydrogen (secondary N) is 1. The van der Waals surface area contributed by atoms with Crippen molar-refractivity contribution in [2.45, 2.75) is 26.7 Å². The second-order valence-electron chi connectivity index (χ2n) is 8.29. The Bertz CT molecular complexity index is 1350. The van der Waals surface area contributed by atoms with Gasteiger partial charge < -0.3 is 14.8 Å². The number of carbonyl (C=O) groups is 2. The molecule has 1 N–H and O–H groups in total. The number of amides is 2. The van der Waals surface area contributed by atoms with Gasteiger partial charge in [0.25, 0.3) is 11.8 Å². The molecule has 0 aliphatic carbocycles. The minimum atomic E-state index is -0.261.